The summed E-state index contributed by atoms with van der Waals surface area (Å²) < 4.78 is 7.03. The van der Waals surface area contributed by atoms with E-state index in [1.807, 2.05) is 42.5 Å². The molecule has 1 fully saturated rings. The van der Waals surface area contributed by atoms with Crippen molar-refractivity contribution < 1.29 is 4.74 Å². The highest BCUT2D eigenvalue weighted by molar-refractivity contribution is 5.77. The first-order chi connectivity index (χ1) is 11.8. The van der Waals surface area contributed by atoms with Crippen molar-refractivity contribution in [2.75, 3.05) is 26.3 Å². The van der Waals surface area contributed by atoms with Gasteiger partial charge in [-0.2, -0.15) is 0 Å². The van der Waals surface area contributed by atoms with Crippen molar-refractivity contribution in [3.8, 4) is 5.82 Å². The van der Waals surface area contributed by atoms with E-state index in [4.69, 9.17) is 9.72 Å². The molecule has 4 rings (SSSR count). The van der Waals surface area contributed by atoms with Crippen LogP contribution >= 0.6 is 0 Å². The topological polar surface area (TPSA) is 60.3 Å². The van der Waals surface area contributed by atoms with Gasteiger partial charge in [0.1, 0.15) is 11.6 Å². The van der Waals surface area contributed by atoms with Crippen LogP contribution in [0.3, 0.4) is 0 Å². The minimum Gasteiger partial charge on any atom is -0.379 e. The van der Waals surface area contributed by atoms with Gasteiger partial charge in [0.05, 0.1) is 30.7 Å². The molecule has 122 valence electrons. The molecule has 0 amide bonds. The molecule has 0 unspecified atom stereocenters. The maximum atomic E-state index is 13.0. The van der Waals surface area contributed by atoms with Gasteiger partial charge in [0.2, 0.25) is 0 Å². The van der Waals surface area contributed by atoms with Crippen LogP contribution in [0.1, 0.15) is 5.82 Å². The Bertz CT molecular complexity index is 902. The highest BCUT2D eigenvalue weighted by atomic mass is 16.5. The Morgan fingerprint density at radius 1 is 1.04 bits per heavy atom. The fraction of sp³-hybridized carbons (Fsp3) is 0.278. The van der Waals surface area contributed by atoms with Crippen molar-refractivity contribution in [1.82, 2.24) is 19.4 Å². The van der Waals surface area contributed by atoms with E-state index in [0.717, 1.165) is 18.6 Å². The van der Waals surface area contributed by atoms with Crippen molar-refractivity contribution in [1.29, 1.82) is 0 Å². The van der Waals surface area contributed by atoms with Crippen molar-refractivity contribution in [3.63, 3.8) is 0 Å². The first kappa shape index (κ1) is 15.0. The first-order valence-electron chi connectivity index (χ1n) is 8.05. The summed E-state index contributed by atoms with van der Waals surface area (Å²) in [4.78, 5) is 24.4. The molecule has 1 aliphatic rings. The molecule has 1 aromatic carbocycles. The molecule has 0 bridgehead atoms. The first-order valence-corrected chi connectivity index (χ1v) is 8.05. The third kappa shape index (κ3) is 2.81. The second kappa shape index (κ2) is 6.51. The average Bonchev–Trinajstić information content (AvgIpc) is 2.64. The van der Waals surface area contributed by atoms with Crippen LogP contribution in [0.2, 0.25) is 0 Å². The molecule has 0 N–H and O–H groups in total. The zero-order valence-electron chi connectivity index (χ0n) is 13.3. The number of morpholine rings is 1. The molecule has 6 nitrogen and oxygen atoms in total. The fourth-order valence-electron chi connectivity index (χ4n) is 2.97. The van der Waals surface area contributed by atoms with Gasteiger partial charge >= 0.3 is 0 Å². The lowest BCUT2D eigenvalue weighted by Crippen LogP contribution is -2.38. The van der Waals surface area contributed by atoms with Crippen LogP contribution in [-0.2, 0) is 11.3 Å². The SMILES string of the molecule is O=c1c2ccccc2nc(CN2CCOCC2)n1-c1ccccn1. The molecule has 0 atom stereocenters. The Morgan fingerprint density at radius 3 is 2.62 bits per heavy atom. The highest BCUT2D eigenvalue weighted by Gasteiger charge is 2.17. The lowest BCUT2D eigenvalue weighted by molar-refractivity contribution is 0.0327. The molecular weight excluding hydrogens is 304 g/mol. The summed E-state index contributed by atoms with van der Waals surface area (Å²) in [6, 6.07) is 13.0. The minimum absolute atomic E-state index is 0.0810. The maximum absolute atomic E-state index is 13.0. The number of benzene rings is 1. The Morgan fingerprint density at radius 2 is 1.83 bits per heavy atom. The van der Waals surface area contributed by atoms with Gasteiger partial charge in [-0.05, 0) is 24.3 Å². The molecule has 6 heteroatoms. The number of rotatable bonds is 3. The molecule has 0 saturated carbocycles. The van der Waals surface area contributed by atoms with E-state index in [2.05, 4.69) is 9.88 Å². The molecule has 1 aliphatic heterocycles. The van der Waals surface area contributed by atoms with Gasteiger partial charge in [0.25, 0.3) is 5.56 Å². The van der Waals surface area contributed by atoms with Gasteiger partial charge < -0.3 is 4.74 Å². The standard InChI is InChI=1S/C18H18N4O2/c23-18-14-5-1-2-6-15(14)20-17(13-21-9-11-24-12-10-21)22(18)16-7-3-4-8-19-16/h1-8H,9-13H2. The van der Waals surface area contributed by atoms with Gasteiger partial charge in [-0.1, -0.05) is 18.2 Å². The number of aromatic nitrogens is 3. The predicted octanol–water partition coefficient (Wildman–Crippen LogP) is 1.61. The summed E-state index contributed by atoms with van der Waals surface area (Å²) in [6.45, 7) is 3.69. The van der Waals surface area contributed by atoms with Crippen molar-refractivity contribution in [2.24, 2.45) is 0 Å². The summed E-state index contributed by atoms with van der Waals surface area (Å²) in [6.07, 6.45) is 1.69. The van der Waals surface area contributed by atoms with Gasteiger partial charge in [0.15, 0.2) is 0 Å². The number of ether oxygens (including phenoxy) is 1. The second-order valence-electron chi connectivity index (χ2n) is 5.76. The quantitative estimate of drug-likeness (QED) is 0.733. The van der Waals surface area contributed by atoms with Gasteiger partial charge in [0, 0.05) is 19.3 Å². The van der Waals surface area contributed by atoms with E-state index >= 15 is 0 Å². The summed E-state index contributed by atoms with van der Waals surface area (Å²) in [7, 11) is 0. The zero-order valence-corrected chi connectivity index (χ0v) is 13.3. The van der Waals surface area contributed by atoms with Crippen LogP contribution in [-0.4, -0.2) is 45.7 Å². The van der Waals surface area contributed by atoms with Crippen LogP contribution in [0.5, 0.6) is 0 Å². The molecule has 3 heterocycles. The van der Waals surface area contributed by atoms with Crippen molar-refractivity contribution >= 4 is 10.9 Å². The third-order valence-electron chi connectivity index (χ3n) is 4.19. The van der Waals surface area contributed by atoms with Crippen LogP contribution in [0.25, 0.3) is 16.7 Å². The summed E-state index contributed by atoms with van der Waals surface area (Å²) in [5.41, 5.74) is 0.639. The average molecular weight is 322 g/mol. The van der Waals surface area contributed by atoms with Crippen molar-refractivity contribution in [3.05, 3.63) is 64.8 Å². The molecule has 0 spiro atoms. The van der Waals surface area contributed by atoms with Crippen LogP contribution in [0.4, 0.5) is 0 Å². The number of para-hydroxylation sites is 1. The van der Waals surface area contributed by atoms with Gasteiger partial charge in [-0.3, -0.25) is 9.69 Å². The molecule has 0 aliphatic carbocycles. The summed E-state index contributed by atoms with van der Waals surface area (Å²) in [5, 5.41) is 0.605. The Hall–Kier alpha value is -2.57. The van der Waals surface area contributed by atoms with E-state index in [1.54, 1.807) is 10.8 Å². The fourth-order valence-corrected chi connectivity index (χ4v) is 2.97. The number of nitrogens with zero attached hydrogens (tertiary/aromatic N) is 4. The van der Waals surface area contributed by atoms with E-state index in [-0.39, 0.29) is 5.56 Å². The molecule has 24 heavy (non-hydrogen) atoms. The monoisotopic (exact) mass is 322 g/mol. The van der Waals surface area contributed by atoms with Crippen LogP contribution < -0.4 is 5.56 Å². The van der Waals surface area contributed by atoms with Crippen molar-refractivity contribution in [2.45, 2.75) is 6.54 Å². The lowest BCUT2D eigenvalue weighted by atomic mass is 10.2. The molecular formula is C18H18N4O2. The van der Waals surface area contributed by atoms with E-state index < -0.39 is 0 Å². The largest absolute Gasteiger partial charge is 0.379 e. The Kier molecular flexibility index (Phi) is 4.06. The maximum Gasteiger partial charge on any atom is 0.267 e. The number of pyridine rings is 1. The molecule has 2 aromatic heterocycles. The number of hydrogen-bond acceptors (Lipinski definition) is 5. The minimum atomic E-state index is -0.0810. The molecule has 1 saturated heterocycles. The lowest BCUT2D eigenvalue weighted by Gasteiger charge is -2.27. The number of fused-ring (bicyclic) bond motifs is 1. The van der Waals surface area contributed by atoms with E-state index in [1.165, 1.54) is 0 Å². The Labute approximate surface area is 139 Å². The number of hydrogen-bond donors (Lipinski definition) is 0. The smallest absolute Gasteiger partial charge is 0.267 e. The third-order valence-corrected chi connectivity index (χ3v) is 4.19. The van der Waals surface area contributed by atoms with Crippen LogP contribution in [0.15, 0.2) is 53.5 Å². The molecule has 0 radical (unpaired) electrons. The van der Waals surface area contributed by atoms with Gasteiger partial charge in [-0.25, -0.2) is 14.5 Å². The zero-order chi connectivity index (χ0) is 16.4. The predicted molar refractivity (Wildman–Crippen MR) is 91.2 cm³/mol. The highest BCUT2D eigenvalue weighted by Crippen LogP contribution is 2.13. The Balaban J connectivity index is 1.88. The summed E-state index contributed by atoms with van der Waals surface area (Å²) >= 11 is 0. The molecule has 3 aromatic rings. The van der Waals surface area contributed by atoms with E-state index in [0.29, 0.717) is 36.8 Å². The van der Waals surface area contributed by atoms with E-state index in [9.17, 15) is 4.79 Å². The van der Waals surface area contributed by atoms with Crippen LogP contribution in [0, 0.1) is 0 Å². The second-order valence-corrected chi connectivity index (χ2v) is 5.76. The van der Waals surface area contributed by atoms with Gasteiger partial charge in [-0.15, -0.1) is 0 Å². The normalized spacial score (nSPS) is 15.7. The summed E-state index contributed by atoms with van der Waals surface area (Å²) in [5.74, 6) is 1.31.